The van der Waals surface area contributed by atoms with Crippen molar-refractivity contribution in [1.82, 2.24) is 9.78 Å². The smallest absolute Gasteiger partial charge is 0.434 e. The highest BCUT2D eigenvalue weighted by Gasteiger charge is 2.06. The van der Waals surface area contributed by atoms with E-state index in [0.29, 0.717) is 24.5 Å². The minimum Gasteiger partial charge on any atom is -0.478 e. The maximum Gasteiger partial charge on any atom is 0.434 e. The SMILES string of the molecule is CCCCOc1cc(=NC(=O)OCCC)cnn1-c1ccccc1. The van der Waals surface area contributed by atoms with Crippen LogP contribution in [0, 0.1) is 0 Å². The van der Waals surface area contributed by atoms with Crippen LogP contribution in [0.1, 0.15) is 33.1 Å². The van der Waals surface area contributed by atoms with Crippen molar-refractivity contribution in [2.75, 3.05) is 13.2 Å². The molecule has 0 aliphatic heterocycles. The zero-order valence-corrected chi connectivity index (χ0v) is 14.1. The van der Waals surface area contributed by atoms with Crippen LogP contribution in [-0.2, 0) is 4.74 Å². The molecule has 1 aromatic heterocycles. The molecule has 6 nitrogen and oxygen atoms in total. The first-order valence-corrected chi connectivity index (χ1v) is 8.23. The van der Waals surface area contributed by atoms with E-state index in [4.69, 9.17) is 9.47 Å². The van der Waals surface area contributed by atoms with E-state index in [1.54, 1.807) is 10.7 Å². The Balaban J connectivity index is 2.31. The molecular formula is C18H23N3O3. The molecule has 0 bridgehead atoms. The van der Waals surface area contributed by atoms with Gasteiger partial charge in [0, 0.05) is 6.07 Å². The zero-order chi connectivity index (χ0) is 17.2. The Kier molecular flexibility index (Phi) is 7.01. The van der Waals surface area contributed by atoms with Crippen LogP contribution < -0.4 is 10.1 Å². The third-order valence-corrected chi connectivity index (χ3v) is 3.18. The van der Waals surface area contributed by atoms with Gasteiger partial charge in [-0.15, -0.1) is 0 Å². The molecule has 1 amide bonds. The molecule has 2 aromatic rings. The molecule has 2 rings (SSSR count). The lowest BCUT2D eigenvalue weighted by Crippen LogP contribution is -2.16. The number of carbonyl (C=O) groups excluding carboxylic acids is 1. The van der Waals surface area contributed by atoms with Crippen LogP contribution in [0.15, 0.2) is 47.6 Å². The number of carbonyl (C=O) groups is 1. The average Bonchev–Trinajstić information content (AvgIpc) is 2.61. The normalized spacial score (nSPS) is 11.3. The maximum absolute atomic E-state index is 11.6. The summed E-state index contributed by atoms with van der Waals surface area (Å²) in [4.78, 5) is 15.5. The second-order valence-corrected chi connectivity index (χ2v) is 5.23. The second-order valence-electron chi connectivity index (χ2n) is 5.23. The predicted octanol–water partition coefficient (Wildman–Crippen LogP) is 3.50. The van der Waals surface area contributed by atoms with Gasteiger partial charge in [-0.1, -0.05) is 38.5 Å². The van der Waals surface area contributed by atoms with Gasteiger partial charge in [0.1, 0.15) is 0 Å². The third kappa shape index (κ3) is 5.22. The lowest BCUT2D eigenvalue weighted by Gasteiger charge is -2.13. The van der Waals surface area contributed by atoms with Crippen LogP contribution in [0.3, 0.4) is 0 Å². The number of para-hydroxylation sites is 1. The highest BCUT2D eigenvalue weighted by atomic mass is 16.5. The quantitative estimate of drug-likeness (QED) is 0.729. The molecule has 0 N–H and O–H groups in total. The largest absolute Gasteiger partial charge is 0.478 e. The number of hydrogen-bond donors (Lipinski definition) is 0. The summed E-state index contributed by atoms with van der Waals surface area (Å²) in [6.45, 7) is 4.96. The Bertz CT molecular complexity index is 711. The zero-order valence-electron chi connectivity index (χ0n) is 14.1. The van der Waals surface area contributed by atoms with Crippen molar-refractivity contribution in [2.45, 2.75) is 33.1 Å². The van der Waals surface area contributed by atoms with Gasteiger partial charge in [-0.25, -0.2) is 9.48 Å². The standard InChI is InChI=1S/C18H23N3O3/c1-3-5-12-23-17-13-15(20-18(22)24-11-4-2)14-19-21(17)16-9-7-6-8-10-16/h6-10,13-14H,3-5,11-12H2,1-2H3. The number of nitrogens with zero attached hydrogens (tertiary/aromatic N) is 3. The molecule has 0 unspecified atom stereocenters. The molecule has 0 fully saturated rings. The van der Waals surface area contributed by atoms with E-state index < -0.39 is 6.09 Å². The number of hydrogen-bond acceptors (Lipinski definition) is 4. The number of benzene rings is 1. The Morgan fingerprint density at radius 3 is 2.67 bits per heavy atom. The van der Waals surface area contributed by atoms with Crippen molar-refractivity contribution in [3.8, 4) is 11.6 Å². The van der Waals surface area contributed by atoms with Gasteiger partial charge >= 0.3 is 6.09 Å². The summed E-state index contributed by atoms with van der Waals surface area (Å²) in [7, 11) is 0. The fraction of sp³-hybridized carbons (Fsp3) is 0.389. The van der Waals surface area contributed by atoms with Crippen LogP contribution in [0.4, 0.5) is 4.79 Å². The van der Waals surface area contributed by atoms with Crippen LogP contribution >= 0.6 is 0 Å². The minimum atomic E-state index is -0.615. The molecule has 24 heavy (non-hydrogen) atoms. The first-order valence-electron chi connectivity index (χ1n) is 8.23. The van der Waals surface area contributed by atoms with Gasteiger partial charge in [0.05, 0.1) is 30.5 Å². The van der Waals surface area contributed by atoms with Crippen molar-refractivity contribution in [3.63, 3.8) is 0 Å². The highest BCUT2D eigenvalue weighted by molar-refractivity contribution is 5.68. The maximum atomic E-state index is 11.6. The number of rotatable bonds is 7. The van der Waals surface area contributed by atoms with E-state index in [1.807, 2.05) is 37.3 Å². The van der Waals surface area contributed by atoms with Gasteiger partial charge in [-0.2, -0.15) is 10.1 Å². The number of amides is 1. The van der Waals surface area contributed by atoms with Gasteiger partial charge in [0.2, 0.25) is 5.88 Å². The molecule has 128 valence electrons. The molecule has 0 spiro atoms. The van der Waals surface area contributed by atoms with E-state index in [9.17, 15) is 4.79 Å². The molecule has 0 aliphatic carbocycles. The van der Waals surface area contributed by atoms with Gasteiger partial charge in [0.15, 0.2) is 0 Å². The summed E-state index contributed by atoms with van der Waals surface area (Å²) in [6, 6.07) is 11.4. The molecule has 0 atom stereocenters. The molecule has 1 aromatic carbocycles. The fourth-order valence-electron chi connectivity index (χ4n) is 1.97. The number of unbranched alkanes of at least 4 members (excludes halogenated alkanes) is 1. The minimum absolute atomic E-state index is 0.354. The molecule has 0 radical (unpaired) electrons. The topological polar surface area (TPSA) is 65.7 Å². The van der Waals surface area contributed by atoms with Gasteiger partial charge < -0.3 is 9.47 Å². The van der Waals surface area contributed by atoms with Crippen molar-refractivity contribution >= 4 is 6.09 Å². The molecule has 6 heteroatoms. The summed E-state index contributed by atoms with van der Waals surface area (Å²) in [5, 5.41) is 4.76. The van der Waals surface area contributed by atoms with Crippen molar-refractivity contribution in [1.29, 1.82) is 0 Å². The molecular weight excluding hydrogens is 306 g/mol. The van der Waals surface area contributed by atoms with Crippen molar-refractivity contribution in [2.24, 2.45) is 4.99 Å². The third-order valence-electron chi connectivity index (χ3n) is 3.18. The second kappa shape index (κ2) is 9.50. The first kappa shape index (κ1) is 17.7. The predicted molar refractivity (Wildman–Crippen MR) is 91.2 cm³/mol. The van der Waals surface area contributed by atoms with E-state index in [-0.39, 0.29) is 0 Å². The Hall–Kier alpha value is -2.63. The highest BCUT2D eigenvalue weighted by Crippen LogP contribution is 2.14. The van der Waals surface area contributed by atoms with Crippen molar-refractivity contribution in [3.05, 3.63) is 48.0 Å². The number of aromatic nitrogens is 2. The Morgan fingerprint density at radius 1 is 1.17 bits per heavy atom. The van der Waals surface area contributed by atoms with Crippen LogP contribution in [-0.4, -0.2) is 29.1 Å². The van der Waals surface area contributed by atoms with Crippen LogP contribution in [0.25, 0.3) is 5.69 Å². The lowest BCUT2D eigenvalue weighted by molar-refractivity contribution is 0.156. The Morgan fingerprint density at radius 2 is 1.96 bits per heavy atom. The summed E-state index contributed by atoms with van der Waals surface area (Å²) in [5.41, 5.74) is 0.879. The van der Waals surface area contributed by atoms with Gasteiger partial charge in [0.25, 0.3) is 0 Å². The fourth-order valence-corrected chi connectivity index (χ4v) is 1.97. The molecule has 0 saturated carbocycles. The van der Waals surface area contributed by atoms with E-state index in [1.165, 1.54) is 6.20 Å². The lowest BCUT2D eigenvalue weighted by atomic mass is 10.3. The molecule has 1 heterocycles. The van der Waals surface area contributed by atoms with E-state index in [2.05, 4.69) is 17.0 Å². The Labute approximate surface area is 141 Å². The summed E-state index contributed by atoms with van der Waals surface area (Å²) in [6.07, 6.45) is 3.64. The van der Waals surface area contributed by atoms with Crippen LogP contribution in [0.2, 0.25) is 0 Å². The van der Waals surface area contributed by atoms with Crippen LogP contribution in [0.5, 0.6) is 5.88 Å². The first-order chi connectivity index (χ1) is 11.7. The summed E-state index contributed by atoms with van der Waals surface area (Å²) in [5.74, 6) is 0.541. The van der Waals surface area contributed by atoms with E-state index in [0.717, 1.165) is 24.9 Å². The van der Waals surface area contributed by atoms with E-state index >= 15 is 0 Å². The monoisotopic (exact) mass is 329 g/mol. The molecule has 0 aliphatic rings. The summed E-state index contributed by atoms with van der Waals surface area (Å²) >= 11 is 0. The van der Waals surface area contributed by atoms with Gasteiger partial charge in [-0.3, -0.25) is 0 Å². The average molecular weight is 329 g/mol. The van der Waals surface area contributed by atoms with Crippen molar-refractivity contribution < 1.29 is 14.3 Å². The van der Waals surface area contributed by atoms with Gasteiger partial charge in [-0.05, 0) is 25.0 Å². The molecule has 0 saturated heterocycles. The summed E-state index contributed by atoms with van der Waals surface area (Å²) < 4.78 is 12.5. The number of ether oxygens (including phenoxy) is 2.